The number of carboxylic acids is 1. The van der Waals surface area contributed by atoms with E-state index in [0.717, 1.165) is 5.56 Å². The Balaban J connectivity index is 1.89. The van der Waals surface area contributed by atoms with Crippen LogP contribution in [0.5, 0.6) is 0 Å². The van der Waals surface area contributed by atoms with Gasteiger partial charge in [-0.15, -0.1) is 0 Å². The topological polar surface area (TPSA) is 66.8 Å². The van der Waals surface area contributed by atoms with Crippen LogP contribution < -0.4 is 0 Å². The van der Waals surface area contributed by atoms with Crippen LogP contribution in [0, 0.1) is 0 Å². The zero-order valence-corrected chi connectivity index (χ0v) is 14.0. The normalized spacial score (nSPS) is 21.5. The van der Waals surface area contributed by atoms with E-state index in [9.17, 15) is 9.59 Å². The molecule has 1 N–H and O–H groups in total. The Hall–Kier alpha value is -1.88. The van der Waals surface area contributed by atoms with Crippen LogP contribution in [0.3, 0.4) is 0 Å². The molecule has 1 amide bonds. The summed E-state index contributed by atoms with van der Waals surface area (Å²) in [6.07, 6.45) is -0.118. The number of amides is 1. The SMILES string of the molecule is CC(C)c1ccc(CCC(=O)N2CC(C(=O)O)O[C@H](C)C2)cc1. The molecule has 126 valence electrons. The third kappa shape index (κ3) is 4.79. The molecule has 1 aromatic rings. The molecule has 0 saturated carbocycles. The number of rotatable bonds is 5. The number of hydrogen-bond acceptors (Lipinski definition) is 3. The van der Waals surface area contributed by atoms with E-state index in [1.54, 1.807) is 11.8 Å². The molecule has 0 aromatic heterocycles. The van der Waals surface area contributed by atoms with Crippen LogP contribution in [-0.2, 0) is 20.7 Å². The molecule has 2 rings (SSSR count). The maximum atomic E-state index is 12.3. The van der Waals surface area contributed by atoms with Crippen molar-refractivity contribution in [3.63, 3.8) is 0 Å². The molecule has 1 aromatic carbocycles. The molecule has 0 bridgehead atoms. The summed E-state index contributed by atoms with van der Waals surface area (Å²) in [5.41, 5.74) is 2.41. The van der Waals surface area contributed by atoms with Crippen molar-refractivity contribution < 1.29 is 19.4 Å². The van der Waals surface area contributed by atoms with Crippen LogP contribution in [-0.4, -0.2) is 47.2 Å². The number of nitrogens with zero attached hydrogens (tertiary/aromatic N) is 1. The first-order valence-corrected chi connectivity index (χ1v) is 8.11. The highest BCUT2D eigenvalue weighted by molar-refractivity contribution is 5.79. The quantitative estimate of drug-likeness (QED) is 0.905. The van der Waals surface area contributed by atoms with Gasteiger partial charge in [-0.25, -0.2) is 4.79 Å². The minimum Gasteiger partial charge on any atom is -0.479 e. The Bertz CT molecular complexity index is 553. The molecule has 1 heterocycles. The first kappa shape index (κ1) is 17.5. The maximum Gasteiger partial charge on any atom is 0.334 e. The zero-order valence-electron chi connectivity index (χ0n) is 14.0. The van der Waals surface area contributed by atoms with E-state index in [1.165, 1.54) is 5.56 Å². The molecule has 1 fully saturated rings. The van der Waals surface area contributed by atoms with Gasteiger partial charge >= 0.3 is 5.97 Å². The lowest BCUT2D eigenvalue weighted by Gasteiger charge is -2.35. The van der Waals surface area contributed by atoms with Gasteiger partial charge in [0.2, 0.25) is 5.91 Å². The van der Waals surface area contributed by atoms with Crippen LogP contribution in [0.4, 0.5) is 0 Å². The summed E-state index contributed by atoms with van der Waals surface area (Å²) in [5.74, 6) is -0.536. The summed E-state index contributed by atoms with van der Waals surface area (Å²) in [5, 5.41) is 9.07. The van der Waals surface area contributed by atoms with Gasteiger partial charge in [-0.3, -0.25) is 4.79 Å². The van der Waals surface area contributed by atoms with E-state index in [-0.39, 0.29) is 18.6 Å². The standard InChI is InChI=1S/C18H25NO4/c1-12(2)15-7-4-14(5-8-15)6-9-17(20)19-10-13(3)23-16(11-19)18(21)22/h4-5,7-8,12-13,16H,6,9-11H2,1-3H3,(H,21,22)/t13-,16?/m1/s1. The van der Waals surface area contributed by atoms with Crippen molar-refractivity contribution in [3.8, 4) is 0 Å². The number of morpholine rings is 1. The molecule has 23 heavy (non-hydrogen) atoms. The molecule has 0 radical (unpaired) electrons. The number of hydrogen-bond donors (Lipinski definition) is 1. The smallest absolute Gasteiger partial charge is 0.334 e. The number of carbonyl (C=O) groups is 2. The Kier molecular flexibility index (Phi) is 5.77. The number of carbonyl (C=O) groups excluding carboxylic acids is 1. The van der Waals surface area contributed by atoms with Gasteiger partial charge in [0.05, 0.1) is 12.6 Å². The summed E-state index contributed by atoms with van der Waals surface area (Å²) in [6, 6.07) is 8.32. The lowest BCUT2D eigenvalue weighted by molar-refractivity contribution is -0.166. The maximum absolute atomic E-state index is 12.3. The number of carboxylic acid groups (broad SMARTS) is 1. The molecule has 2 atom stereocenters. The second kappa shape index (κ2) is 7.59. The predicted octanol–water partition coefficient (Wildman–Crippen LogP) is 2.44. The van der Waals surface area contributed by atoms with Gasteiger partial charge in [-0.1, -0.05) is 38.1 Å². The van der Waals surface area contributed by atoms with Gasteiger partial charge in [-0.05, 0) is 30.4 Å². The second-order valence-corrected chi connectivity index (χ2v) is 6.47. The third-order valence-corrected chi connectivity index (χ3v) is 4.16. The molecule has 1 saturated heterocycles. The molecule has 1 aliphatic heterocycles. The first-order chi connectivity index (χ1) is 10.9. The van der Waals surface area contributed by atoms with Gasteiger partial charge in [0.1, 0.15) is 0 Å². The van der Waals surface area contributed by atoms with E-state index in [4.69, 9.17) is 9.84 Å². The van der Waals surface area contributed by atoms with Gasteiger partial charge in [0.15, 0.2) is 6.10 Å². The molecule has 5 heteroatoms. The summed E-state index contributed by atoms with van der Waals surface area (Å²) in [6.45, 7) is 6.67. The fourth-order valence-corrected chi connectivity index (χ4v) is 2.77. The van der Waals surface area contributed by atoms with Gasteiger partial charge in [0.25, 0.3) is 0 Å². The minimum absolute atomic E-state index is 0.0145. The average Bonchev–Trinajstić information content (AvgIpc) is 2.52. The first-order valence-electron chi connectivity index (χ1n) is 8.11. The molecule has 0 spiro atoms. The lowest BCUT2D eigenvalue weighted by atomic mass is 10.00. The van der Waals surface area contributed by atoms with E-state index in [0.29, 0.717) is 25.3 Å². The second-order valence-electron chi connectivity index (χ2n) is 6.47. The summed E-state index contributed by atoms with van der Waals surface area (Å²) in [7, 11) is 0. The molecule has 1 aliphatic rings. The molecular formula is C18H25NO4. The predicted molar refractivity (Wildman–Crippen MR) is 87.4 cm³/mol. The van der Waals surface area contributed by atoms with Gasteiger partial charge in [0, 0.05) is 13.0 Å². The molecule has 0 aliphatic carbocycles. The minimum atomic E-state index is -1.02. The largest absolute Gasteiger partial charge is 0.479 e. The monoisotopic (exact) mass is 319 g/mol. The van der Waals surface area contributed by atoms with Crippen LogP contribution in [0.2, 0.25) is 0 Å². The van der Waals surface area contributed by atoms with Crippen LogP contribution in [0.1, 0.15) is 44.2 Å². The van der Waals surface area contributed by atoms with E-state index in [2.05, 4.69) is 38.1 Å². The third-order valence-electron chi connectivity index (χ3n) is 4.16. The van der Waals surface area contributed by atoms with E-state index >= 15 is 0 Å². The Morgan fingerprint density at radius 3 is 2.48 bits per heavy atom. The number of ether oxygens (including phenoxy) is 1. The fourth-order valence-electron chi connectivity index (χ4n) is 2.77. The molecule has 5 nitrogen and oxygen atoms in total. The fraction of sp³-hybridized carbons (Fsp3) is 0.556. The lowest BCUT2D eigenvalue weighted by Crippen LogP contribution is -2.51. The van der Waals surface area contributed by atoms with Crippen molar-refractivity contribution in [2.24, 2.45) is 0 Å². The van der Waals surface area contributed by atoms with Crippen LogP contribution >= 0.6 is 0 Å². The van der Waals surface area contributed by atoms with Crippen molar-refractivity contribution in [3.05, 3.63) is 35.4 Å². The van der Waals surface area contributed by atoms with Crippen molar-refractivity contribution in [1.29, 1.82) is 0 Å². The van der Waals surface area contributed by atoms with E-state index in [1.807, 2.05) is 0 Å². The highest BCUT2D eigenvalue weighted by atomic mass is 16.5. The van der Waals surface area contributed by atoms with Gasteiger partial charge in [-0.2, -0.15) is 0 Å². The zero-order chi connectivity index (χ0) is 17.0. The van der Waals surface area contributed by atoms with Crippen molar-refractivity contribution in [1.82, 2.24) is 4.90 Å². The Morgan fingerprint density at radius 1 is 1.26 bits per heavy atom. The van der Waals surface area contributed by atoms with Crippen molar-refractivity contribution in [2.45, 2.75) is 51.7 Å². The number of aliphatic carboxylic acids is 1. The highest BCUT2D eigenvalue weighted by Crippen LogP contribution is 2.17. The van der Waals surface area contributed by atoms with Crippen molar-refractivity contribution in [2.75, 3.05) is 13.1 Å². The van der Waals surface area contributed by atoms with Crippen LogP contribution in [0.25, 0.3) is 0 Å². The number of benzene rings is 1. The summed E-state index contributed by atoms with van der Waals surface area (Å²) >= 11 is 0. The Labute approximate surface area is 137 Å². The van der Waals surface area contributed by atoms with Gasteiger partial charge < -0.3 is 14.7 Å². The summed E-state index contributed by atoms with van der Waals surface area (Å²) < 4.78 is 5.33. The summed E-state index contributed by atoms with van der Waals surface area (Å²) in [4.78, 5) is 25.0. The van der Waals surface area contributed by atoms with E-state index < -0.39 is 12.1 Å². The Morgan fingerprint density at radius 2 is 1.91 bits per heavy atom. The van der Waals surface area contributed by atoms with Crippen LogP contribution in [0.15, 0.2) is 24.3 Å². The molecule has 1 unspecified atom stereocenters. The molecular weight excluding hydrogens is 294 g/mol. The highest BCUT2D eigenvalue weighted by Gasteiger charge is 2.32. The number of aryl methyl sites for hydroxylation is 1. The van der Waals surface area contributed by atoms with Crippen molar-refractivity contribution >= 4 is 11.9 Å². The average molecular weight is 319 g/mol.